The number of unbranched alkanes of at least 4 members (excludes halogenated alkanes) is 1. The highest BCUT2D eigenvalue weighted by Crippen LogP contribution is 2.35. The van der Waals surface area contributed by atoms with Crippen molar-refractivity contribution >= 4 is 23.2 Å². The molecule has 1 N–H and O–H groups in total. The van der Waals surface area contributed by atoms with Crippen LogP contribution >= 0.6 is 11.3 Å². The van der Waals surface area contributed by atoms with Gasteiger partial charge in [-0.3, -0.25) is 9.59 Å². The number of amides is 1. The first-order chi connectivity index (χ1) is 11.3. The maximum absolute atomic E-state index is 12.6. The Morgan fingerprint density at radius 2 is 2.04 bits per heavy atom. The molecule has 24 heavy (non-hydrogen) atoms. The Labute approximate surface area is 141 Å². The molecule has 0 saturated carbocycles. The van der Waals surface area contributed by atoms with Crippen molar-refractivity contribution in [2.45, 2.75) is 50.6 Å². The predicted octanol–water partition coefficient (Wildman–Crippen LogP) is 3.51. The van der Waals surface area contributed by atoms with Crippen LogP contribution in [0.25, 0.3) is 0 Å². The SMILES string of the molecule is O=C(O)CCCCC(=O)N1CCCC(c2nc(C(F)(F)F)cs2)C1. The zero-order valence-corrected chi connectivity index (χ0v) is 13.8. The Bertz CT molecular complexity index is 589. The normalized spacial score (nSPS) is 18.6. The van der Waals surface area contributed by atoms with Gasteiger partial charge in [0.05, 0.1) is 5.01 Å². The van der Waals surface area contributed by atoms with E-state index in [1.54, 1.807) is 4.90 Å². The quantitative estimate of drug-likeness (QED) is 0.784. The fourth-order valence-corrected chi connectivity index (χ4v) is 3.68. The largest absolute Gasteiger partial charge is 0.481 e. The highest BCUT2D eigenvalue weighted by atomic mass is 32.1. The van der Waals surface area contributed by atoms with Gasteiger partial charge in [-0.25, -0.2) is 4.98 Å². The molecular formula is C15H19F3N2O3S. The van der Waals surface area contributed by atoms with E-state index in [9.17, 15) is 22.8 Å². The highest BCUT2D eigenvalue weighted by molar-refractivity contribution is 7.09. The number of aliphatic carboxylic acids is 1. The number of rotatable bonds is 6. The van der Waals surface area contributed by atoms with Crippen LogP contribution in [0.2, 0.25) is 0 Å². The van der Waals surface area contributed by atoms with Crippen LogP contribution in [0.5, 0.6) is 0 Å². The van der Waals surface area contributed by atoms with Crippen LogP contribution in [-0.4, -0.2) is 40.0 Å². The third kappa shape index (κ3) is 5.19. The lowest BCUT2D eigenvalue weighted by molar-refractivity contribution is -0.141. The fraction of sp³-hybridized carbons (Fsp3) is 0.667. The molecule has 1 fully saturated rings. The number of aromatic nitrogens is 1. The number of piperidine rings is 1. The van der Waals surface area contributed by atoms with Crippen LogP contribution in [0.1, 0.15) is 55.1 Å². The molecule has 0 aromatic carbocycles. The molecular weight excluding hydrogens is 345 g/mol. The number of nitrogens with zero attached hydrogens (tertiary/aromatic N) is 2. The van der Waals surface area contributed by atoms with Crippen LogP contribution < -0.4 is 0 Å². The number of likely N-dealkylation sites (tertiary alicyclic amines) is 1. The van der Waals surface area contributed by atoms with Gasteiger partial charge in [0.1, 0.15) is 0 Å². The molecule has 0 aliphatic carbocycles. The predicted molar refractivity (Wildman–Crippen MR) is 81.8 cm³/mol. The first kappa shape index (κ1) is 18.7. The molecule has 1 aliphatic rings. The molecule has 0 spiro atoms. The minimum absolute atomic E-state index is 0.0369. The van der Waals surface area contributed by atoms with Gasteiger partial charge in [-0.2, -0.15) is 13.2 Å². The third-order valence-corrected chi connectivity index (χ3v) is 4.97. The van der Waals surface area contributed by atoms with E-state index in [0.29, 0.717) is 37.4 Å². The van der Waals surface area contributed by atoms with Crippen molar-refractivity contribution in [1.82, 2.24) is 9.88 Å². The van der Waals surface area contributed by atoms with Gasteiger partial charge >= 0.3 is 12.1 Å². The van der Waals surface area contributed by atoms with Gasteiger partial charge in [0.2, 0.25) is 5.91 Å². The van der Waals surface area contributed by atoms with Crippen LogP contribution in [0, 0.1) is 0 Å². The summed E-state index contributed by atoms with van der Waals surface area (Å²) in [6, 6.07) is 0. The van der Waals surface area contributed by atoms with E-state index in [2.05, 4.69) is 4.98 Å². The van der Waals surface area contributed by atoms with E-state index in [1.165, 1.54) is 0 Å². The lowest BCUT2D eigenvalue weighted by Gasteiger charge is -2.32. The summed E-state index contributed by atoms with van der Waals surface area (Å²) in [5.74, 6) is -1.12. The Morgan fingerprint density at radius 1 is 1.33 bits per heavy atom. The molecule has 2 heterocycles. The molecule has 1 atom stereocenters. The first-order valence-electron chi connectivity index (χ1n) is 7.79. The van der Waals surface area contributed by atoms with Crippen LogP contribution in [0.15, 0.2) is 5.38 Å². The third-order valence-electron chi connectivity index (χ3n) is 3.97. The lowest BCUT2D eigenvalue weighted by Crippen LogP contribution is -2.39. The van der Waals surface area contributed by atoms with Crippen molar-refractivity contribution in [3.63, 3.8) is 0 Å². The molecule has 5 nitrogen and oxygen atoms in total. The van der Waals surface area contributed by atoms with Gasteiger partial charge in [-0.1, -0.05) is 0 Å². The second-order valence-corrected chi connectivity index (χ2v) is 6.74. The van der Waals surface area contributed by atoms with Gasteiger partial charge in [0.25, 0.3) is 0 Å². The summed E-state index contributed by atoms with van der Waals surface area (Å²) in [5.41, 5.74) is -0.875. The van der Waals surface area contributed by atoms with Gasteiger partial charge in [-0.05, 0) is 25.7 Å². The highest BCUT2D eigenvalue weighted by Gasteiger charge is 2.35. The van der Waals surface area contributed by atoms with E-state index < -0.39 is 17.8 Å². The second kappa shape index (κ2) is 7.96. The minimum atomic E-state index is -4.44. The smallest absolute Gasteiger partial charge is 0.434 e. The Balaban J connectivity index is 1.88. The Morgan fingerprint density at radius 3 is 2.67 bits per heavy atom. The topological polar surface area (TPSA) is 70.5 Å². The molecule has 134 valence electrons. The zero-order chi connectivity index (χ0) is 17.7. The molecule has 0 bridgehead atoms. The van der Waals surface area contributed by atoms with E-state index in [4.69, 9.17) is 5.11 Å². The minimum Gasteiger partial charge on any atom is -0.481 e. The number of hydrogen-bond acceptors (Lipinski definition) is 4. The summed E-state index contributed by atoms with van der Waals surface area (Å²) in [5, 5.41) is 10.0. The standard InChI is InChI=1S/C15H19F3N2O3S/c16-15(17,18)11-9-24-14(19-11)10-4-3-7-20(8-10)12(21)5-1-2-6-13(22)23/h9-10H,1-8H2,(H,22,23). The molecule has 1 aliphatic heterocycles. The van der Waals surface area contributed by atoms with Crippen LogP contribution in [0.3, 0.4) is 0 Å². The molecule has 1 amide bonds. The van der Waals surface area contributed by atoms with Crippen LogP contribution in [0.4, 0.5) is 13.2 Å². The summed E-state index contributed by atoms with van der Waals surface area (Å²) in [7, 11) is 0. The summed E-state index contributed by atoms with van der Waals surface area (Å²) < 4.78 is 37.9. The Kier molecular flexibility index (Phi) is 6.20. The molecule has 1 unspecified atom stereocenters. The fourth-order valence-electron chi connectivity index (χ4n) is 2.72. The van der Waals surface area contributed by atoms with Crippen molar-refractivity contribution in [2.75, 3.05) is 13.1 Å². The maximum Gasteiger partial charge on any atom is 0.434 e. The lowest BCUT2D eigenvalue weighted by atomic mass is 9.98. The van der Waals surface area contributed by atoms with Gasteiger partial charge < -0.3 is 10.0 Å². The molecule has 2 rings (SSSR count). The van der Waals surface area contributed by atoms with Crippen molar-refractivity contribution in [3.8, 4) is 0 Å². The average Bonchev–Trinajstić information content (AvgIpc) is 3.01. The zero-order valence-electron chi connectivity index (χ0n) is 13.0. The number of carboxylic acid groups (broad SMARTS) is 1. The molecule has 1 aromatic rings. The summed E-state index contributed by atoms with van der Waals surface area (Å²) in [6.07, 6.45) is -1.74. The van der Waals surface area contributed by atoms with E-state index in [0.717, 1.165) is 23.1 Å². The molecule has 9 heteroatoms. The summed E-state index contributed by atoms with van der Waals surface area (Å²) in [6.45, 7) is 0.967. The van der Waals surface area contributed by atoms with Gasteiger partial charge in [0, 0.05) is 37.2 Å². The Hall–Kier alpha value is -1.64. The summed E-state index contributed by atoms with van der Waals surface area (Å²) >= 11 is 0.987. The van der Waals surface area contributed by atoms with Gasteiger partial charge in [0.15, 0.2) is 5.69 Å². The number of alkyl halides is 3. The maximum atomic E-state index is 12.6. The van der Waals surface area contributed by atoms with Crippen LogP contribution in [-0.2, 0) is 15.8 Å². The number of halogens is 3. The molecule has 0 radical (unpaired) electrons. The first-order valence-corrected chi connectivity index (χ1v) is 8.67. The average molecular weight is 364 g/mol. The molecule has 1 saturated heterocycles. The van der Waals surface area contributed by atoms with Crippen molar-refractivity contribution < 1.29 is 27.9 Å². The van der Waals surface area contributed by atoms with E-state index in [-0.39, 0.29) is 24.7 Å². The van der Waals surface area contributed by atoms with Crippen molar-refractivity contribution in [2.24, 2.45) is 0 Å². The van der Waals surface area contributed by atoms with Gasteiger partial charge in [-0.15, -0.1) is 11.3 Å². The van der Waals surface area contributed by atoms with Crippen molar-refractivity contribution in [3.05, 3.63) is 16.1 Å². The number of thiazole rings is 1. The van der Waals surface area contributed by atoms with Crippen molar-refractivity contribution in [1.29, 1.82) is 0 Å². The number of carboxylic acids is 1. The monoisotopic (exact) mass is 364 g/mol. The summed E-state index contributed by atoms with van der Waals surface area (Å²) in [4.78, 5) is 27.9. The molecule has 1 aromatic heterocycles. The number of carbonyl (C=O) groups is 2. The second-order valence-electron chi connectivity index (χ2n) is 5.85. The number of carbonyl (C=O) groups excluding carboxylic acids is 1. The van der Waals surface area contributed by atoms with E-state index in [1.807, 2.05) is 0 Å². The number of hydrogen-bond donors (Lipinski definition) is 1. The van der Waals surface area contributed by atoms with E-state index >= 15 is 0 Å².